The number of hydrogen-bond acceptors (Lipinski definition) is 4. The van der Waals surface area contributed by atoms with E-state index in [1.54, 1.807) is 14.2 Å². The van der Waals surface area contributed by atoms with Gasteiger partial charge in [0.05, 0.1) is 19.6 Å². The zero-order chi connectivity index (χ0) is 17.2. The first kappa shape index (κ1) is 17.1. The number of rotatable bonds is 6. The summed E-state index contributed by atoms with van der Waals surface area (Å²) in [4.78, 5) is 15.3. The highest BCUT2D eigenvalue weighted by atomic mass is 16.5. The molecule has 0 radical (unpaired) electrons. The molecular weight excluding hydrogens is 306 g/mol. The van der Waals surface area contributed by atoms with Crippen LogP contribution < -0.4 is 9.47 Å². The van der Waals surface area contributed by atoms with Crippen LogP contribution in [0.15, 0.2) is 18.2 Å². The Morgan fingerprint density at radius 3 is 2.62 bits per heavy atom. The molecule has 1 unspecified atom stereocenters. The van der Waals surface area contributed by atoms with Gasteiger partial charge in [-0.15, -0.1) is 0 Å². The van der Waals surface area contributed by atoms with Gasteiger partial charge in [-0.25, -0.2) is 0 Å². The quantitative estimate of drug-likeness (QED) is 0.869. The van der Waals surface area contributed by atoms with Gasteiger partial charge in [-0.05, 0) is 56.2 Å². The van der Waals surface area contributed by atoms with E-state index in [9.17, 15) is 9.90 Å². The molecule has 0 spiro atoms. The maximum absolute atomic E-state index is 13.3. The third-order valence-electron chi connectivity index (χ3n) is 5.45. The lowest BCUT2D eigenvalue weighted by atomic mass is 9.90. The number of nitrogens with zero attached hydrogens (tertiary/aromatic N) is 1. The van der Waals surface area contributed by atoms with Crippen LogP contribution in [-0.2, 0) is 10.2 Å². The normalized spacial score (nSPS) is 22.1. The second-order valence-electron chi connectivity index (χ2n) is 6.81. The Hall–Kier alpha value is -1.75. The van der Waals surface area contributed by atoms with E-state index >= 15 is 0 Å². The number of aliphatic hydroxyl groups excluding tert-OH is 1. The van der Waals surface area contributed by atoms with Crippen molar-refractivity contribution in [1.82, 2.24) is 4.90 Å². The van der Waals surface area contributed by atoms with Crippen LogP contribution in [0, 0.1) is 0 Å². The molecule has 1 saturated heterocycles. The second-order valence-corrected chi connectivity index (χ2v) is 6.81. The zero-order valence-corrected chi connectivity index (χ0v) is 14.6. The molecule has 1 aromatic rings. The van der Waals surface area contributed by atoms with E-state index in [-0.39, 0.29) is 18.6 Å². The van der Waals surface area contributed by atoms with Crippen molar-refractivity contribution in [2.24, 2.45) is 0 Å². The van der Waals surface area contributed by atoms with Crippen LogP contribution >= 0.6 is 0 Å². The highest BCUT2D eigenvalue weighted by Gasteiger charge is 2.54. The molecule has 0 aromatic heterocycles. The topological polar surface area (TPSA) is 59.0 Å². The molecule has 1 atom stereocenters. The van der Waals surface area contributed by atoms with Gasteiger partial charge in [-0.2, -0.15) is 0 Å². The van der Waals surface area contributed by atoms with Crippen LogP contribution in [0.5, 0.6) is 11.5 Å². The Kier molecular flexibility index (Phi) is 4.99. The summed E-state index contributed by atoms with van der Waals surface area (Å²) in [6.45, 7) is 0.941. The van der Waals surface area contributed by atoms with Crippen molar-refractivity contribution >= 4 is 5.91 Å². The largest absolute Gasteiger partial charge is 0.493 e. The number of methoxy groups -OCH3 is 2. The second kappa shape index (κ2) is 7.01. The fourth-order valence-electron chi connectivity index (χ4n) is 3.88. The van der Waals surface area contributed by atoms with Crippen molar-refractivity contribution in [3.05, 3.63) is 23.8 Å². The molecule has 5 heteroatoms. The predicted molar refractivity (Wildman–Crippen MR) is 91.5 cm³/mol. The maximum Gasteiger partial charge on any atom is 0.233 e. The highest BCUT2D eigenvalue weighted by molar-refractivity contribution is 5.91. The predicted octanol–water partition coefficient (Wildman–Crippen LogP) is 2.50. The molecule has 1 N–H and O–H groups in total. The SMILES string of the molecule is COc1ccc(C2(C(=O)N3CCCCC3CCO)CC2)cc1OC. The van der Waals surface area contributed by atoms with Crippen LogP contribution in [0.25, 0.3) is 0 Å². The Labute approximate surface area is 143 Å². The summed E-state index contributed by atoms with van der Waals surface area (Å²) in [5.74, 6) is 1.56. The minimum Gasteiger partial charge on any atom is -0.493 e. The van der Waals surface area contributed by atoms with Gasteiger partial charge in [0.25, 0.3) is 0 Å². The van der Waals surface area contributed by atoms with Crippen molar-refractivity contribution in [1.29, 1.82) is 0 Å². The van der Waals surface area contributed by atoms with Crippen LogP contribution in [0.2, 0.25) is 0 Å². The van der Waals surface area contributed by atoms with Gasteiger partial charge in [0, 0.05) is 19.2 Å². The molecule has 2 aliphatic rings. The summed E-state index contributed by atoms with van der Waals surface area (Å²) >= 11 is 0. The van der Waals surface area contributed by atoms with Crippen LogP contribution in [-0.4, -0.2) is 49.3 Å². The number of amides is 1. The molecule has 0 bridgehead atoms. The third kappa shape index (κ3) is 2.97. The van der Waals surface area contributed by atoms with E-state index in [4.69, 9.17) is 9.47 Å². The van der Waals surface area contributed by atoms with E-state index in [1.165, 1.54) is 0 Å². The third-order valence-corrected chi connectivity index (χ3v) is 5.45. The van der Waals surface area contributed by atoms with Gasteiger partial charge in [0.15, 0.2) is 11.5 Å². The molecule has 2 fully saturated rings. The lowest BCUT2D eigenvalue weighted by Crippen LogP contribution is -2.48. The first-order valence-corrected chi connectivity index (χ1v) is 8.80. The molecule has 5 nitrogen and oxygen atoms in total. The maximum atomic E-state index is 13.3. The zero-order valence-electron chi connectivity index (χ0n) is 14.6. The summed E-state index contributed by atoms with van der Waals surface area (Å²) in [7, 11) is 3.23. The van der Waals surface area contributed by atoms with Gasteiger partial charge >= 0.3 is 0 Å². The van der Waals surface area contributed by atoms with Gasteiger partial charge in [-0.3, -0.25) is 4.79 Å². The summed E-state index contributed by atoms with van der Waals surface area (Å²) in [6, 6.07) is 5.98. The smallest absolute Gasteiger partial charge is 0.233 e. The minimum absolute atomic E-state index is 0.137. The number of ether oxygens (including phenoxy) is 2. The monoisotopic (exact) mass is 333 g/mol. The standard InChI is InChI=1S/C19H27NO4/c1-23-16-7-6-14(13-17(16)24-2)19(9-10-19)18(22)20-11-4-3-5-15(20)8-12-21/h6-7,13,15,21H,3-5,8-12H2,1-2H3. The molecule has 132 valence electrons. The number of aliphatic hydroxyl groups is 1. The molecule has 1 heterocycles. The van der Waals surface area contributed by atoms with Crippen LogP contribution in [0.1, 0.15) is 44.1 Å². The lowest BCUT2D eigenvalue weighted by Gasteiger charge is -2.38. The Balaban J connectivity index is 1.86. The highest BCUT2D eigenvalue weighted by Crippen LogP contribution is 2.51. The summed E-state index contributed by atoms with van der Waals surface area (Å²) in [5.41, 5.74) is 0.600. The van der Waals surface area contributed by atoms with E-state index < -0.39 is 5.41 Å². The van der Waals surface area contributed by atoms with Gasteiger partial charge in [0.2, 0.25) is 5.91 Å². The Bertz CT molecular complexity index is 595. The van der Waals surface area contributed by atoms with Crippen molar-refractivity contribution in [3.8, 4) is 11.5 Å². The fraction of sp³-hybridized carbons (Fsp3) is 0.632. The Morgan fingerprint density at radius 1 is 1.25 bits per heavy atom. The van der Waals surface area contributed by atoms with Gasteiger partial charge < -0.3 is 19.5 Å². The number of carbonyl (C=O) groups is 1. The summed E-state index contributed by atoms with van der Waals surface area (Å²) < 4.78 is 10.7. The number of piperidine rings is 1. The molecule has 1 aliphatic heterocycles. The number of carbonyl (C=O) groups excluding carboxylic acids is 1. The summed E-state index contributed by atoms with van der Waals surface area (Å²) in [5, 5.41) is 9.31. The first-order valence-electron chi connectivity index (χ1n) is 8.80. The average Bonchev–Trinajstić information content (AvgIpc) is 3.43. The number of likely N-dealkylation sites (tertiary alicyclic amines) is 1. The van der Waals surface area contributed by atoms with Crippen molar-refractivity contribution in [3.63, 3.8) is 0 Å². The van der Waals surface area contributed by atoms with E-state index in [0.717, 1.165) is 44.2 Å². The van der Waals surface area contributed by atoms with Gasteiger partial charge in [0.1, 0.15) is 0 Å². The van der Waals surface area contributed by atoms with Crippen molar-refractivity contribution in [2.75, 3.05) is 27.4 Å². The summed E-state index contributed by atoms with van der Waals surface area (Å²) in [6.07, 6.45) is 5.61. The Morgan fingerprint density at radius 2 is 2.00 bits per heavy atom. The molecular formula is C19H27NO4. The van der Waals surface area contributed by atoms with E-state index in [2.05, 4.69) is 0 Å². The molecule has 3 rings (SSSR count). The van der Waals surface area contributed by atoms with Crippen molar-refractivity contribution < 1.29 is 19.4 Å². The molecule has 1 aromatic carbocycles. The average molecular weight is 333 g/mol. The molecule has 1 saturated carbocycles. The fourth-order valence-corrected chi connectivity index (χ4v) is 3.88. The van der Waals surface area contributed by atoms with E-state index in [1.807, 2.05) is 23.1 Å². The minimum atomic E-state index is -0.412. The lowest BCUT2D eigenvalue weighted by molar-refractivity contribution is -0.138. The van der Waals surface area contributed by atoms with Gasteiger partial charge in [-0.1, -0.05) is 6.07 Å². The van der Waals surface area contributed by atoms with E-state index in [0.29, 0.717) is 17.9 Å². The molecule has 1 aliphatic carbocycles. The van der Waals surface area contributed by atoms with Crippen molar-refractivity contribution in [2.45, 2.75) is 50.0 Å². The van der Waals surface area contributed by atoms with Crippen LogP contribution in [0.3, 0.4) is 0 Å². The molecule has 1 amide bonds. The first-order chi connectivity index (χ1) is 11.7. The molecule has 24 heavy (non-hydrogen) atoms. The number of hydrogen-bond donors (Lipinski definition) is 1. The van der Waals surface area contributed by atoms with Crippen LogP contribution in [0.4, 0.5) is 0 Å². The number of benzene rings is 1.